The number of fused-ring (bicyclic) bond motifs is 2. The molecule has 0 aliphatic heterocycles. The van der Waals surface area contributed by atoms with E-state index in [0.717, 1.165) is 11.1 Å². The first kappa shape index (κ1) is 17.7. The second-order valence-corrected chi connectivity index (χ2v) is 8.32. The van der Waals surface area contributed by atoms with Crippen LogP contribution in [0.1, 0.15) is 36.1 Å². The standard InChI is InChI=1S/C18H18N4O4S/c19-13-6-8-14(12-4-2-1-3-11(12)13)22-27(25,26)10-5-7-15-16(9-10)21-18(24)17(23)20-15/h1-5,7,9,13-14,22H,6,8,19H2,(H,20,23)(H,21,24). The summed E-state index contributed by atoms with van der Waals surface area (Å²) in [7, 11) is -3.84. The lowest BCUT2D eigenvalue weighted by atomic mass is 9.85. The predicted octanol–water partition coefficient (Wildman–Crippen LogP) is 1.03. The maximum Gasteiger partial charge on any atom is 0.314 e. The first-order valence-corrected chi connectivity index (χ1v) is 9.96. The third-order valence-electron chi connectivity index (χ3n) is 4.84. The molecule has 2 unspecified atom stereocenters. The number of hydrogen-bond donors (Lipinski definition) is 4. The molecule has 2 atom stereocenters. The molecule has 0 amide bonds. The van der Waals surface area contributed by atoms with Gasteiger partial charge in [-0.3, -0.25) is 9.59 Å². The van der Waals surface area contributed by atoms with E-state index in [-0.39, 0.29) is 22.5 Å². The van der Waals surface area contributed by atoms with E-state index in [9.17, 15) is 18.0 Å². The number of nitrogens with one attached hydrogen (secondary N) is 3. The van der Waals surface area contributed by atoms with Crippen LogP contribution in [0.3, 0.4) is 0 Å². The van der Waals surface area contributed by atoms with E-state index >= 15 is 0 Å². The van der Waals surface area contributed by atoms with Crippen molar-refractivity contribution in [2.45, 2.75) is 29.8 Å². The molecule has 0 fully saturated rings. The minimum Gasteiger partial charge on any atom is -0.324 e. The summed E-state index contributed by atoms with van der Waals surface area (Å²) in [6, 6.07) is 11.2. The van der Waals surface area contributed by atoms with Crippen molar-refractivity contribution in [2.24, 2.45) is 5.73 Å². The van der Waals surface area contributed by atoms with Crippen LogP contribution in [0.15, 0.2) is 56.9 Å². The molecule has 0 saturated carbocycles. The summed E-state index contributed by atoms with van der Waals surface area (Å²) >= 11 is 0. The van der Waals surface area contributed by atoms with Gasteiger partial charge < -0.3 is 15.7 Å². The highest BCUT2D eigenvalue weighted by Gasteiger charge is 2.28. The Morgan fingerprint density at radius 1 is 0.926 bits per heavy atom. The van der Waals surface area contributed by atoms with Gasteiger partial charge in [0.2, 0.25) is 10.0 Å². The zero-order valence-electron chi connectivity index (χ0n) is 14.2. The first-order chi connectivity index (χ1) is 12.8. The fraction of sp³-hybridized carbons (Fsp3) is 0.222. The third-order valence-corrected chi connectivity index (χ3v) is 6.31. The largest absolute Gasteiger partial charge is 0.324 e. The van der Waals surface area contributed by atoms with Crippen LogP contribution < -0.4 is 21.6 Å². The van der Waals surface area contributed by atoms with E-state index < -0.39 is 21.1 Å². The minimum absolute atomic E-state index is 0.00468. The first-order valence-electron chi connectivity index (χ1n) is 8.48. The maximum absolute atomic E-state index is 12.9. The van der Waals surface area contributed by atoms with Crippen molar-refractivity contribution in [1.29, 1.82) is 0 Å². The summed E-state index contributed by atoms with van der Waals surface area (Å²) in [4.78, 5) is 27.7. The number of aromatic nitrogens is 2. The highest BCUT2D eigenvalue weighted by molar-refractivity contribution is 7.89. The van der Waals surface area contributed by atoms with E-state index in [0.29, 0.717) is 18.4 Å². The lowest BCUT2D eigenvalue weighted by Gasteiger charge is -2.30. The topological polar surface area (TPSA) is 138 Å². The summed E-state index contributed by atoms with van der Waals surface area (Å²) < 4.78 is 28.5. The van der Waals surface area contributed by atoms with Gasteiger partial charge in [0.05, 0.1) is 15.9 Å². The molecule has 5 N–H and O–H groups in total. The van der Waals surface area contributed by atoms with Crippen LogP contribution in [0, 0.1) is 0 Å². The molecule has 4 rings (SSSR count). The lowest BCUT2D eigenvalue weighted by Crippen LogP contribution is -2.33. The van der Waals surface area contributed by atoms with Gasteiger partial charge >= 0.3 is 11.1 Å². The average molecular weight is 386 g/mol. The van der Waals surface area contributed by atoms with Crippen molar-refractivity contribution in [3.63, 3.8) is 0 Å². The van der Waals surface area contributed by atoms with Crippen molar-refractivity contribution in [3.05, 3.63) is 74.3 Å². The Bertz CT molecular complexity index is 1250. The van der Waals surface area contributed by atoms with Crippen molar-refractivity contribution in [2.75, 3.05) is 0 Å². The molecular weight excluding hydrogens is 368 g/mol. The Morgan fingerprint density at radius 3 is 2.33 bits per heavy atom. The number of hydrogen-bond acceptors (Lipinski definition) is 5. The highest BCUT2D eigenvalue weighted by Crippen LogP contribution is 2.35. The zero-order chi connectivity index (χ0) is 19.2. The Labute approximate surface area is 154 Å². The SMILES string of the molecule is NC1CCC(NS(=O)(=O)c2ccc3[nH]c(=O)c(=O)[nH]c3c2)c2ccccc21. The number of nitrogens with two attached hydrogens (primary N) is 1. The molecule has 140 valence electrons. The predicted molar refractivity (Wildman–Crippen MR) is 101 cm³/mol. The molecule has 0 spiro atoms. The Hall–Kier alpha value is -2.75. The van der Waals surface area contributed by atoms with Gasteiger partial charge in [-0.1, -0.05) is 24.3 Å². The number of aromatic amines is 2. The fourth-order valence-corrected chi connectivity index (χ4v) is 4.74. The zero-order valence-corrected chi connectivity index (χ0v) is 15.0. The van der Waals surface area contributed by atoms with E-state index in [1.54, 1.807) is 0 Å². The summed E-state index contributed by atoms with van der Waals surface area (Å²) in [5, 5.41) is 0. The number of rotatable bonds is 3. The molecule has 3 aromatic rings. The monoisotopic (exact) mass is 386 g/mol. The normalized spacial score (nSPS) is 19.7. The fourth-order valence-electron chi connectivity index (χ4n) is 3.46. The molecule has 1 aromatic heterocycles. The average Bonchev–Trinajstić information content (AvgIpc) is 2.65. The molecule has 1 aliphatic carbocycles. The highest BCUT2D eigenvalue weighted by atomic mass is 32.2. The van der Waals surface area contributed by atoms with Crippen molar-refractivity contribution in [1.82, 2.24) is 14.7 Å². The number of H-pyrrole nitrogens is 2. The Morgan fingerprint density at radius 2 is 1.59 bits per heavy atom. The van der Waals surface area contributed by atoms with Crippen LogP contribution in [-0.4, -0.2) is 18.4 Å². The Balaban J connectivity index is 1.71. The lowest BCUT2D eigenvalue weighted by molar-refractivity contribution is 0.466. The second-order valence-electron chi connectivity index (χ2n) is 6.60. The number of sulfonamides is 1. The second kappa shape index (κ2) is 6.45. The van der Waals surface area contributed by atoms with Crippen LogP contribution in [0.5, 0.6) is 0 Å². The van der Waals surface area contributed by atoms with E-state index in [2.05, 4.69) is 14.7 Å². The van der Waals surface area contributed by atoms with Crippen LogP contribution >= 0.6 is 0 Å². The van der Waals surface area contributed by atoms with Gasteiger partial charge in [-0.15, -0.1) is 0 Å². The van der Waals surface area contributed by atoms with Gasteiger partial charge in [0.15, 0.2) is 0 Å². The van der Waals surface area contributed by atoms with Gasteiger partial charge in [0.25, 0.3) is 0 Å². The van der Waals surface area contributed by atoms with Crippen molar-refractivity contribution >= 4 is 21.1 Å². The molecule has 0 bridgehead atoms. The smallest absolute Gasteiger partial charge is 0.314 e. The van der Waals surface area contributed by atoms with Crippen molar-refractivity contribution < 1.29 is 8.42 Å². The molecule has 8 nitrogen and oxygen atoms in total. The molecule has 0 radical (unpaired) electrons. The molecule has 9 heteroatoms. The minimum atomic E-state index is -3.84. The van der Waals surface area contributed by atoms with Gasteiger partial charge in [-0.25, -0.2) is 13.1 Å². The summed E-state index contributed by atoms with van der Waals surface area (Å²) in [5.74, 6) is 0. The van der Waals surface area contributed by atoms with Crippen LogP contribution in [0.25, 0.3) is 11.0 Å². The molecule has 0 saturated heterocycles. The van der Waals surface area contributed by atoms with Gasteiger partial charge in [-0.05, 0) is 42.2 Å². The molecule has 1 aliphatic rings. The van der Waals surface area contributed by atoms with Crippen LogP contribution in [-0.2, 0) is 10.0 Å². The Kier molecular flexibility index (Phi) is 4.22. The van der Waals surface area contributed by atoms with E-state index in [1.807, 2.05) is 24.3 Å². The maximum atomic E-state index is 12.9. The summed E-state index contributed by atoms with van der Waals surface area (Å²) in [6.45, 7) is 0. The van der Waals surface area contributed by atoms with Crippen LogP contribution in [0.2, 0.25) is 0 Å². The van der Waals surface area contributed by atoms with E-state index in [1.165, 1.54) is 18.2 Å². The third kappa shape index (κ3) is 3.20. The molecule has 1 heterocycles. The quantitative estimate of drug-likeness (QED) is 0.498. The molecule has 2 aromatic carbocycles. The van der Waals surface area contributed by atoms with Crippen molar-refractivity contribution in [3.8, 4) is 0 Å². The molecule has 27 heavy (non-hydrogen) atoms. The van der Waals surface area contributed by atoms with Gasteiger partial charge in [-0.2, -0.15) is 0 Å². The summed E-state index contributed by atoms with van der Waals surface area (Å²) in [5.41, 5.74) is 6.93. The van der Waals surface area contributed by atoms with Crippen LogP contribution in [0.4, 0.5) is 0 Å². The van der Waals surface area contributed by atoms with E-state index in [4.69, 9.17) is 5.73 Å². The van der Waals surface area contributed by atoms with Gasteiger partial charge in [0.1, 0.15) is 0 Å². The number of benzene rings is 2. The summed E-state index contributed by atoms with van der Waals surface area (Å²) in [6.07, 6.45) is 1.27. The molecular formula is C18H18N4O4S. The van der Waals surface area contributed by atoms with Gasteiger partial charge in [0, 0.05) is 12.1 Å².